The maximum Gasteiger partial charge on any atom is 0.472 e. The van der Waals surface area contributed by atoms with E-state index in [1.807, 2.05) is 0 Å². The van der Waals surface area contributed by atoms with Gasteiger partial charge in [0.2, 0.25) is 0 Å². The summed E-state index contributed by atoms with van der Waals surface area (Å²) in [4.78, 5) is 72.6. The van der Waals surface area contributed by atoms with E-state index in [-0.39, 0.29) is 25.7 Å². The van der Waals surface area contributed by atoms with E-state index in [2.05, 4.69) is 48.5 Å². The molecule has 0 aromatic rings. The normalized spacial score (nSPS) is 14.2. The molecule has 5 atom stereocenters. The van der Waals surface area contributed by atoms with E-state index in [1.165, 1.54) is 167 Å². The monoisotopic (exact) mass is 1340 g/mol. The van der Waals surface area contributed by atoms with E-state index in [1.54, 1.807) is 0 Å². The summed E-state index contributed by atoms with van der Waals surface area (Å²) in [5.74, 6) is 0.128. The summed E-state index contributed by atoms with van der Waals surface area (Å²) < 4.78 is 68.3. The third-order valence-electron chi connectivity index (χ3n) is 16.6. The topological polar surface area (TPSA) is 237 Å². The van der Waals surface area contributed by atoms with Gasteiger partial charge in [0.1, 0.15) is 19.3 Å². The number of esters is 4. The number of hydrogen-bond donors (Lipinski definition) is 3. The summed E-state index contributed by atoms with van der Waals surface area (Å²) in [5, 5.41) is 10.6. The molecule has 91 heavy (non-hydrogen) atoms. The molecular weight excluding hydrogens is 1200 g/mol. The molecule has 0 aliphatic carbocycles. The Kier molecular flexibility index (Phi) is 61.5. The molecule has 0 radical (unpaired) electrons. The summed E-state index contributed by atoms with van der Waals surface area (Å²) in [5.41, 5.74) is 0. The lowest BCUT2D eigenvalue weighted by Crippen LogP contribution is -2.30. The third kappa shape index (κ3) is 66.5. The van der Waals surface area contributed by atoms with Crippen LogP contribution >= 0.6 is 15.6 Å². The summed E-state index contributed by atoms with van der Waals surface area (Å²) in [6.07, 6.45) is 47.2. The van der Waals surface area contributed by atoms with Crippen molar-refractivity contribution in [1.29, 1.82) is 0 Å². The lowest BCUT2D eigenvalue weighted by Gasteiger charge is -2.21. The standard InChI is InChI=1S/C72H140O17P2/c1-8-9-10-11-12-13-19-25-33-41-48-55-71(76)89-68(60-83-70(75)54-47-40-35-28-31-38-45-52-65(6)7)62-87-91(80,81)85-58-66(73)57-84-90(78,79)86-61-67(59-82-69(74)53-46-39-32-27-22-24-30-37-44-51-64(4)5)88-72(77)56-49-42-34-26-21-18-16-14-15-17-20-23-29-36-43-50-63(2)3/h63-68,73H,8-62H2,1-7H3,(H,78,79)(H,80,81)/t66-,67-,68-/m1/s1. The van der Waals surface area contributed by atoms with Gasteiger partial charge in [-0.15, -0.1) is 0 Å². The molecule has 0 fully saturated rings. The van der Waals surface area contributed by atoms with Gasteiger partial charge in [-0.3, -0.25) is 37.3 Å². The number of unbranched alkanes of at least 4 members (excludes halogenated alkanes) is 38. The Morgan fingerprint density at radius 1 is 0.297 bits per heavy atom. The van der Waals surface area contributed by atoms with E-state index in [0.717, 1.165) is 108 Å². The zero-order valence-corrected chi connectivity index (χ0v) is 61.1. The molecule has 0 aliphatic rings. The van der Waals surface area contributed by atoms with Crippen LogP contribution in [0.4, 0.5) is 0 Å². The summed E-state index contributed by atoms with van der Waals surface area (Å²) >= 11 is 0. The summed E-state index contributed by atoms with van der Waals surface area (Å²) in [6.45, 7) is 11.8. The number of ether oxygens (including phenoxy) is 4. The number of carbonyl (C=O) groups is 4. The van der Waals surface area contributed by atoms with Gasteiger partial charge in [-0.25, -0.2) is 9.13 Å². The summed E-state index contributed by atoms with van der Waals surface area (Å²) in [6, 6.07) is 0. The van der Waals surface area contributed by atoms with E-state index in [9.17, 15) is 43.2 Å². The van der Waals surface area contributed by atoms with Crippen molar-refractivity contribution in [1.82, 2.24) is 0 Å². The van der Waals surface area contributed by atoms with Gasteiger partial charge in [0, 0.05) is 25.7 Å². The molecule has 540 valence electrons. The van der Waals surface area contributed by atoms with Crippen molar-refractivity contribution >= 4 is 39.5 Å². The largest absolute Gasteiger partial charge is 0.472 e. The Hall–Kier alpha value is -1.94. The fraction of sp³-hybridized carbons (Fsp3) is 0.944. The molecule has 0 saturated heterocycles. The Bertz CT molecular complexity index is 1780. The van der Waals surface area contributed by atoms with Gasteiger partial charge in [0.05, 0.1) is 26.4 Å². The minimum absolute atomic E-state index is 0.106. The highest BCUT2D eigenvalue weighted by molar-refractivity contribution is 7.47. The fourth-order valence-electron chi connectivity index (χ4n) is 10.9. The van der Waals surface area contributed by atoms with Crippen molar-refractivity contribution in [3.63, 3.8) is 0 Å². The van der Waals surface area contributed by atoms with Crippen molar-refractivity contribution in [3.05, 3.63) is 0 Å². The van der Waals surface area contributed by atoms with E-state index in [4.69, 9.17) is 37.0 Å². The van der Waals surface area contributed by atoms with Gasteiger partial charge in [0.15, 0.2) is 12.2 Å². The van der Waals surface area contributed by atoms with Gasteiger partial charge in [0.25, 0.3) is 0 Å². The van der Waals surface area contributed by atoms with Crippen molar-refractivity contribution < 1.29 is 80.2 Å². The van der Waals surface area contributed by atoms with Crippen LogP contribution in [0.2, 0.25) is 0 Å². The van der Waals surface area contributed by atoms with Crippen LogP contribution in [0.15, 0.2) is 0 Å². The number of hydrogen-bond acceptors (Lipinski definition) is 15. The highest BCUT2D eigenvalue weighted by atomic mass is 31.2. The van der Waals surface area contributed by atoms with Gasteiger partial charge in [-0.2, -0.15) is 0 Å². The molecule has 0 heterocycles. The van der Waals surface area contributed by atoms with E-state index < -0.39 is 97.5 Å². The van der Waals surface area contributed by atoms with Crippen molar-refractivity contribution in [2.45, 2.75) is 381 Å². The van der Waals surface area contributed by atoms with Gasteiger partial charge in [-0.1, -0.05) is 312 Å². The Morgan fingerprint density at radius 3 is 0.747 bits per heavy atom. The first kappa shape index (κ1) is 89.1. The molecule has 0 bridgehead atoms. The molecule has 0 saturated carbocycles. The first-order valence-electron chi connectivity index (χ1n) is 37.3. The molecule has 0 amide bonds. The zero-order chi connectivity index (χ0) is 67.3. The minimum Gasteiger partial charge on any atom is -0.462 e. The Labute approximate surface area is 556 Å². The first-order chi connectivity index (χ1) is 43.7. The SMILES string of the molecule is CCCCCCCCCCCCCC(=O)O[C@H](COC(=O)CCCCCCCCCC(C)C)COP(=O)(O)OC[C@H](O)COP(=O)(O)OC[C@@H](COC(=O)CCCCCCCCCCCC(C)C)OC(=O)CCCCCCCCCCCCCCCCCC(C)C. The quantitative estimate of drug-likeness (QED) is 0.0222. The highest BCUT2D eigenvalue weighted by Gasteiger charge is 2.30. The van der Waals surface area contributed by atoms with E-state index >= 15 is 0 Å². The lowest BCUT2D eigenvalue weighted by molar-refractivity contribution is -0.161. The van der Waals surface area contributed by atoms with Crippen molar-refractivity contribution in [2.24, 2.45) is 17.8 Å². The second kappa shape index (κ2) is 62.8. The first-order valence-corrected chi connectivity index (χ1v) is 40.3. The molecule has 17 nitrogen and oxygen atoms in total. The molecule has 0 aliphatic heterocycles. The van der Waals surface area contributed by atoms with E-state index in [0.29, 0.717) is 31.6 Å². The molecular formula is C72H140O17P2. The number of aliphatic hydroxyl groups excluding tert-OH is 1. The number of phosphoric ester groups is 2. The van der Waals surface area contributed by atoms with Crippen LogP contribution in [0, 0.1) is 17.8 Å². The van der Waals surface area contributed by atoms with Crippen LogP contribution in [0.5, 0.6) is 0 Å². The highest BCUT2D eigenvalue weighted by Crippen LogP contribution is 2.45. The molecule has 0 spiro atoms. The van der Waals surface area contributed by atoms with Crippen LogP contribution in [0.25, 0.3) is 0 Å². The number of phosphoric acid groups is 2. The van der Waals surface area contributed by atoms with Crippen molar-refractivity contribution in [2.75, 3.05) is 39.6 Å². The van der Waals surface area contributed by atoms with Gasteiger partial charge in [-0.05, 0) is 43.4 Å². The second-order valence-electron chi connectivity index (χ2n) is 27.4. The van der Waals surface area contributed by atoms with Crippen LogP contribution in [-0.4, -0.2) is 96.7 Å². The Balaban J connectivity index is 5.23. The molecule has 0 aromatic heterocycles. The molecule has 0 aromatic carbocycles. The minimum atomic E-state index is -4.95. The maximum atomic E-state index is 13.0. The van der Waals surface area contributed by atoms with Crippen LogP contribution in [0.3, 0.4) is 0 Å². The van der Waals surface area contributed by atoms with Gasteiger partial charge < -0.3 is 33.8 Å². The average molecular weight is 1340 g/mol. The second-order valence-corrected chi connectivity index (χ2v) is 30.3. The predicted molar refractivity (Wildman–Crippen MR) is 368 cm³/mol. The molecule has 2 unspecified atom stereocenters. The summed E-state index contributed by atoms with van der Waals surface area (Å²) in [7, 11) is -9.90. The molecule has 0 rings (SSSR count). The van der Waals surface area contributed by atoms with Crippen LogP contribution in [-0.2, 0) is 65.4 Å². The van der Waals surface area contributed by atoms with Gasteiger partial charge >= 0.3 is 39.5 Å². The fourth-order valence-corrected chi connectivity index (χ4v) is 12.5. The predicted octanol–water partition coefficient (Wildman–Crippen LogP) is 20.6. The molecule has 19 heteroatoms. The smallest absolute Gasteiger partial charge is 0.462 e. The maximum absolute atomic E-state index is 13.0. The lowest BCUT2D eigenvalue weighted by atomic mass is 10.0. The molecule has 3 N–H and O–H groups in total. The van der Waals surface area contributed by atoms with Crippen LogP contribution in [0.1, 0.15) is 363 Å². The zero-order valence-electron chi connectivity index (χ0n) is 59.3. The van der Waals surface area contributed by atoms with Crippen molar-refractivity contribution in [3.8, 4) is 0 Å². The number of carbonyl (C=O) groups excluding carboxylic acids is 4. The third-order valence-corrected chi connectivity index (χ3v) is 18.5. The van der Waals surface area contributed by atoms with Crippen LogP contribution < -0.4 is 0 Å². The average Bonchev–Trinajstić information content (AvgIpc) is 3.72. The number of rotatable bonds is 70. The number of aliphatic hydroxyl groups is 1. The Morgan fingerprint density at radius 2 is 0.505 bits per heavy atom.